The highest BCUT2D eigenvalue weighted by atomic mass is 14.1. The summed E-state index contributed by atoms with van der Waals surface area (Å²) in [6.45, 7) is 9.22. The lowest BCUT2D eigenvalue weighted by atomic mass is 9.93. The molecule has 0 aromatic carbocycles. The van der Waals surface area contributed by atoms with Crippen molar-refractivity contribution < 1.29 is 0 Å². The second kappa shape index (κ2) is 14.4. The zero-order valence-electron chi connectivity index (χ0n) is 14.3. The van der Waals surface area contributed by atoms with Gasteiger partial charge in [0.1, 0.15) is 0 Å². The van der Waals surface area contributed by atoms with Gasteiger partial charge in [0.25, 0.3) is 0 Å². The minimum atomic E-state index is 0.906. The van der Waals surface area contributed by atoms with Crippen LogP contribution >= 0.6 is 0 Å². The molecule has 0 saturated carbocycles. The molecule has 0 spiro atoms. The van der Waals surface area contributed by atoms with Gasteiger partial charge in [-0.15, -0.1) is 0 Å². The van der Waals surface area contributed by atoms with Gasteiger partial charge in [0.05, 0.1) is 0 Å². The summed E-state index contributed by atoms with van der Waals surface area (Å²) >= 11 is 0. The Morgan fingerprint density at radius 1 is 0.684 bits per heavy atom. The van der Waals surface area contributed by atoms with Gasteiger partial charge >= 0.3 is 0 Å². The minimum absolute atomic E-state index is 0.906. The molecule has 0 N–H and O–H groups in total. The molecule has 19 heavy (non-hydrogen) atoms. The second-order valence-corrected chi connectivity index (χ2v) is 6.84. The molecule has 0 saturated heterocycles. The fourth-order valence-electron chi connectivity index (χ4n) is 2.96. The molecule has 115 valence electrons. The maximum atomic E-state index is 2.41. The van der Waals surface area contributed by atoms with E-state index in [0.29, 0.717) is 0 Å². The van der Waals surface area contributed by atoms with Crippen LogP contribution in [0.4, 0.5) is 0 Å². The van der Waals surface area contributed by atoms with Crippen LogP contribution in [0.5, 0.6) is 0 Å². The van der Waals surface area contributed by atoms with Crippen molar-refractivity contribution in [2.75, 3.05) is 0 Å². The average Bonchev–Trinajstić information content (AvgIpc) is 2.35. The SMILES string of the molecule is CCCCCCCCCCCCCC(C)C[C](C)C. The van der Waals surface area contributed by atoms with Gasteiger partial charge in [0.2, 0.25) is 0 Å². The van der Waals surface area contributed by atoms with Crippen molar-refractivity contribution in [1.29, 1.82) is 0 Å². The molecule has 0 aliphatic heterocycles. The molecule has 0 amide bonds. The van der Waals surface area contributed by atoms with Crippen LogP contribution in [0.25, 0.3) is 0 Å². The van der Waals surface area contributed by atoms with Crippen LogP contribution in [-0.2, 0) is 0 Å². The summed E-state index contributed by atoms with van der Waals surface area (Å²) in [5, 5.41) is 0. The Hall–Kier alpha value is 0. The number of hydrogen-bond donors (Lipinski definition) is 0. The van der Waals surface area contributed by atoms with Crippen molar-refractivity contribution in [3.8, 4) is 0 Å². The Kier molecular flexibility index (Phi) is 14.4. The molecule has 0 aliphatic rings. The average molecular weight is 268 g/mol. The summed E-state index contributed by atoms with van der Waals surface area (Å²) in [5.74, 6) is 2.50. The molecule has 0 bridgehead atoms. The lowest BCUT2D eigenvalue weighted by Gasteiger charge is -2.13. The first kappa shape index (κ1) is 19.0. The molecule has 1 radical (unpaired) electrons. The van der Waals surface area contributed by atoms with Crippen LogP contribution in [0.1, 0.15) is 111 Å². The topological polar surface area (TPSA) is 0 Å². The molecule has 0 aromatic rings. The van der Waals surface area contributed by atoms with Crippen molar-refractivity contribution >= 4 is 0 Å². The van der Waals surface area contributed by atoms with Crippen LogP contribution in [0.15, 0.2) is 0 Å². The van der Waals surface area contributed by atoms with Crippen LogP contribution in [-0.4, -0.2) is 0 Å². The fraction of sp³-hybridized carbons (Fsp3) is 0.947. The standard InChI is InChI=1S/C19H39/c1-5-6-7-8-9-10-11-12-13-14-15-16-19(4)17-18(2)3/h19H,5-17H2,1-4H3. The smallest absolute Gasteiger partial charge is 0.0300 e. The van der Waals surface area contributed by atoms with Gasteiger partial charge in [-0.25, -0.2) is 0 Å². The molecule has 0 aliphatic carbocycles. The van der Waals surface area contributed by atoms with Gasteiger partial charge in [-0.05, 0) is 18.3 Å². The molecular weight excluding hydrogens is 228 g/mol. The molecule has 0 heteroatoms. The van der Waals surface area contributed by atoms with Gasteiger partial charge in [-0.2, -0.15) is 0 Å². The van der Waals surface area contributed by atoms with Gasteiger partial charge in [-0.1, -0.05) is 105 Å². The molecule has 0 heterocycles. The second-order valence-electron chi connectivity index (χ2n) is 6.84. The van der Waals surface area contributed by atoms with Crippen LogP contribution in [0.2, 0.25) is 0 Å². The maximum Gasteiger partial charge on any atom is -0.0300 e. The highest BCUT2D eigenvalue weighted by Gasteiger charge is 2.04. The highest BCUT2D eigenvalue weighted by Crippen LogP contribution is 2.19. The van der Waals surface area contributed by atoms with E-state index in [1.54, 1.807) is 5.92 Å². The summed E-state index contributed by atoms with van der Waals surface area (Å²) in [6.07, 6.45) is 18.8. The molecule has 0 aromatic heterocycles. The van der Waals surface area contributed by atoms with E-state index in [9.17, 15) is 0 Å². The Labute approximate surface area is 123 Å². The normalized spacial score (nSPS) is 13.1. The first-order valence-electron chi connectivity index (χ1n) is 8.95. The Morgan fingerprint density at radius 3 is 1.53 bits per heavy atom. The summed E-state index contributed by atoms with van der Waals surface area (Å²) in [4.78, 5) is 0. The zero-order valence-corrected chi connectivity index (χ0v) is 14.3. The van der Waals surface area contributed by atoms with E-state index < -0.39 is 0 Å². The van der Waals surface area contributed by atoms with E-state index in [4.69, 9.17) is 0 Å². The predicted octanol–water partition coefficient (Wildman–Crippen LogP) is 7.33. The minimum Gasteiger partial charge on any atom is -0.0654 e. The summed E-state index contributed by atoms with van der Waals surface area (Å²) in [7, 11) is 0. The number of hydrogen-bond acceptors (Lipinski definition) is 0. The Morgan fingerprint density at radius 2 is 1.11 bits per heavy atom. The van der Waals surface area contributed by atoms with Crippen LogP contribution in [0.3, 0.4) is 0 Å². The van der Waals surface area contributed by atoms with E-state index >= 15 is 0 Å². The quantitative estimate of drug-likeness (QED) is 0.289. The zero-order chi connectivity index (χ0) is 14.3. The van der Waals surface area contributed by atoms with Crippen molar-refractivity contribution in [3.05, 3.63) is 5.92 Å². The molecule has 0 rings (SSSR count). The van der Waals surface area contributed by atoms with E-state index in [-0.39, 0.29) is 0 Å². The summed E-state index contributed by atoms with van der Waals surface area (Å²) in [6, 6.07) is 0. The highest BCUT2D eigenvalue weighted by molar-refractivity contribution is 4.78. The number of unbranched alkanes of at least 4 members (excludes halogenated alkanes) is 10. The lowest BCUT2D eigenvalue weighted by molar-refractivity contribution is 0.461. The third kappa shape index (κ3) is 15.9. The molecule has 0 fully saturated rings. The maximum absolute atomic E-state index is 2.41. The van der Waals surface area contributed by atoms with E-state index in [1.165, 1.54) is 83.5 Å². The van der Waals surface area contributed by atoms with Gasteiger partial charge < -0.3 is 0 Å². The molecular formula is C19H39. The van der Waals surface area contributed by atoms with Gasteiger partial charge in [-0.3, -0.25) is 0 Å². The molecule has 1 atom stereocenters. The lowest BCUT2D eigenvalue weighted by Crippen LogP contribution is -1.98. The van der Waals surface area contributed by atoms with Crippen molar-refractivity contribution in [2.45, 2.75) is 111 Å². The van der Waals surface area contributed by atoms with Crippen molar-refractivity contribution in [2.24, 2.45) is 5.92 Å². The van der Waals surface area contributed by atoms with Crippen molar-refractivity contribution in [3.63, 3.8) is 0 Å². The molecule has 0 nitrogen and oxygen atoms in total. The number of rotatable bonds is 14. The van der Waals surface area contributed by atoms with Gasteiger partial charge in [0.15, 0.2) is 0 Å². The summed E-state index contributed by atoms with van der Waals surface area (Å²) < 4.78 is 0. The van der Waals surface area contributed by atoms with E-state index in [0.717, 1.165) is 5.92 Å². The van der Waals surface area contributed by atoms with Crippen LogP contribution in [0, 0.1) is 11.8 Å². The first-order valence-corrected chi connectivity index (χ1v) is 8.95. The fourth-order valence-corrected chi connectivity index (χ4v) is 2.96. The van der Waals surface area contributed by atoms with Gasteiger partial charge in [0, 0.05) is 0 Å². The van der Waals surface area contributed by atoms with Crippen molar-refractivity contribution in [1.82, 2.24) is 0 Å². The van der Waals surface area contributed by atoms with Crippen LogP contribution < -0.4 is 0 Å². The molecule has 1 unspecified atom stereocenters. The predicted molar refractivity (Wildman–Crippen MR) is 89.5 cm³/mol. The third-order valence-corrected chi connectivity index (χ3v) is 4.06. The third-order valence-electron chi connectivity index (χ3n) is 4.06. The summed E-state index contributed by atoms with van der Waals surface area (Å²) in [5.41, 5.74) is 0. The first-order chi connectivity index (χ1) is 9.16. The van der Waals surface area contributed by atoms with E-state index in [1.807, 2.05) is 0 Å². The Bertz CT molecular complexity index is 159. The van der Waals surface area contributed by atoms with E-state index in [2.05, 4.69) is 27.7 Å². The largest absolute Gasteiger partial charge is 0.0654 e. The Balaban J connectivity index is 3.06. The monoisotopic (exact) mass is 267 g/mol.